The summed E-state index contributed by atoms with van der Waals surface area (Å²) < 4.78 is 11.4. The molecule has 4 nitrogen and oxygen atoms in total. The van der Waals surface area contributed by atoms with E-state index >= 15 is 0 Å². The fourth-order valence-electron chi connectivity index (χ4n) is 2.54. The number of hydrogen-bond acceptors (Lipinski definition) is 4. The number of ether oxygens (including phenoxy) is 2. The van der Waals surface area contributed by atoms with Gasteiger partial charge in [0.15, 0.2) is 0 Å². The number of aryl methyl sites for hydroxylation is 1. The van der Waals surface area contributed by atoms with E-state index in [1.165, 1.54) is 11.3 Å². The van der Waals surface area contributed by atoms with Crippen molar-refractivity contribution in [2.45, 2.75) is 19.9 Å². The smallest absolute Gasteiger partial charge is 0.252 e. The molecule has 1 aromatic heterocycles. The maximum absolute atomic E-state index is 12.1. The van der Waals surface area contributed by atoms with E-state index in [9.17, 15) is 4.79 Å². The average molecular weight is 331 g/mol. The second-order valence-corrected chi connectivity index (χ2v) is 6.63. The van der Waals surface area contributed by atoms with Crippen molar-refractivity contribution in [2.24, 2.45) is 5.92 Å². The average Bonchev–Trinajstić information content (AvgIpc) is 3.25. The monoisotopic (exact) mass is 331 g/mol. The number of hydrogen-bond donors (Lipinski definition) is 1. The molecule has 2 aromatic rings. The molecular weight excluding hydrogens is 310 g/mol. The van der Waals surface area contributed by atoms with Crippen molar-refractivity contribution in [1.29, 1.82) is 0 Å². The first-order chi connectivity index (χ1) is 11.2. The summed E-state index contributed by atoms with van der Waals surface area (Å²) in [5, 5.41) is 6.70. The molecule has 0 saturated carbocycles. The maximum Gasteiger partial charge on any atom is 0.252 e. The minimum Gasteiger partial charge on any atom is -0.493 e. The van der Waals surface area contributed by atoms with E-state index in [4.69, 9.17) is 9.47 Å². The van der Waals surface area contributed by atoms with Crippen LogP contribution < -0.4 is 10.1 Å². The van der Waals surface area contributed by atoms with E-state index in [0.717, 1.165) is 36.5 Å². The number of carbonyl (C=O) groups is 1. The molecule has 1 amide bonds. The zero-order chi connectivity index (χ0) is 16.1. The Morgan fingerprint density at radius 3 is 3.09 bits per heavy atom. The topological polar surface area (TPSA) is 47.6 Å². The Labute approximate surface area is 140 Å². The predicted molar refractivity (Wildman–Crippen MR) is 91.1 cm³/mol. The Kier molecular flexibility index (Phi) is 5.31. The number of carbonyl (C=O) groups excluding carboxylic acids is 1. The Balaban J connectivity index is 1.62. The summed E-state index contributed by atoms with van der Waals surface area (Å²) in [4.78, 5) is 12.1. The molecule has 0 radical (unpaired) electrons. The molecule has 5 heteroatoms. The zero-order valence-corrected chi connectivity index (χ0v) is 14.0. The molecule has 122 valence electrons. The van der Waals surface area contributed by atoms with Gasteiger partial charge in [-0.25, -0.2) is 0 Å². The zero-order valence-electron chi connectivity index (χ0n) is 13.2. The highest BCUT2D eigenvalue weighted by Crippen LogP contribution is 2.23. The second-order valence-electron chi connectivity index (χ2n) is 5.85. The molecule has 1 aliphatic rings. The Morgan fingerprint density at radius 1 is 1.43 bits per heavy atom. The van der Waals surface area contributed by atoms with Crippen LogP contribution in [0.3, 0.4) is 0 Å². The number of thiophene rings is 1. The lowest BCUT2D eigenvalue weighted by Gasteiger charge is -2.15. The molecule has 0 aliphatic carbocycles. The van der Waals surface area contributed by atoms with Crippen molar-refractivity contribution < 1.29 is 14.3 Å². The molecule has 1 aromatic carbocycles. The van der Waals surface area contributed by atoms with Crippen LogP contribution in [0.25, 0.3) is 0 Å². The summed E-state index contributed by atoms with van der Waals surface area (Å²) in [6.45, 7) is 4.76. The van der Waals surface area contributed by atoms with E-state index in [1.54, 1.807) is 0 Å². The standard InChI is InChI=1S/C18H21NO3S/c1-13-2-3-15(9-19-18(20)16-5-7-23-12-16)17(8-13)22-11-14-4-6-21-10-14/h2-3,5,7-8,12,14H,4,6,9-11H2,1H3,(H,19,20)/t14-/m0/s1. The van der Waals surface area contributed by atoms with Crippen molar-refractivity contribution >= 4 is 17.2 Å². The van der Waals surface area contributed by atoms with Gasteiger partial charge < -0.3 is 14.8 Å². The first-order valence-electron chi connectivity index (χ1n) is 7.83. The highest BCUT2D eigenvalue weighted by molar-refractivity contribution is 7.08. The number of benzene rings is 1. The lowest BCUT2D eigenvalue weighted by Crippen LogP contribution is -2.23. The maximum atomic E-state index is 12.1. The molecule has 0 bridgehead atoms. The minimum absolute atomic E-state index is 0.0537. The van der Waals surface area contributed by atoms with Crippen molar-refractivity contribution in [1.82, 2.24) is 5.32 Å². The molecule has 1 fully saturated rings. The summed E-state index contributed by atoms with van der Waals surface area (Å²) in [5.41, 5.74) is 2.85. The minimum atomic E-state index is -0.0537. The third-order valence-electron chi connectivity index (χ3n) is 3.94. The van der Waals surface area contributed by atoms with Crippen LogP contribution in [0.2, 0.25) is 0 Å². The van der Waals surface area contributed by atoms with Crippen LogP contribution in [-0.4, -0.2) is 25.7 Å². The van der Waals surface area contributed by atoms with Gasteiger partial charge in [0.05, 0.1) is 13.2 Å². The van der Waals surface area contributed by atoms with Gasteiger partial charge in [0.2, 0.25) is 0 Å². The molecule has 1 aliphatic heterocycles. The number of rotatable bonds is 6. The van der Waals surface area contributed by atoms with Gasteiger partial charge in [-0.3, -0.25) is 4.79 Å². The summed E-state index contributed by atoms with van der Waals surface area (Å²) >= 11 is 1.52. The number of nitrogens with one attached hydrogen (secondary N) is 1. The van der Waals surface area contributed by atoms with E-state index in [-0.39, 0.29) is 5.91 Å². The summed E-state index contributed by atoms with van der Waals surface area (Å²) in [7, 11) is 0. The third-order valence-corrected chi connectivity index (χ3v) is 4.63. The highest BCUT2D eigenvalue weighted by Gasteiger charge is 2.17. The van der Waals surface area contributed by atoms with Gasteiger partial charge in [-0.15, -0.1) is 0 Å². The Hall–Kier alpha value is -1.85. The Bertz CT molecular complexity index is 648. The highest BCUT2D eigenvalue weighted by atomic mass is 32.1. The van der Waals surface area contributed by atoms with E-state index in [2.05, 4.69) is 5.32 Å². The van der Waals surface area contributed by atoms with Crippen LogP contribution in [-0.2, 0) is 11.3 Å². The fraction of sp³-hybridized carbons (Fsp3) is 0.389. The van der Waals surface area contributed by atoms with Gasteiger partial charge in [-0.2, -0.15) is 11.3 Å². The van der Waals surface area contributed by atoms with E-state index in [0.29, 0.717) is 24.6 Å². The summed E-state index contributed by atoms with van der Waals surface area (Å²) in [6, 6.07) is 7.91. The van der Waals surface area contributed by atoms with Gasteiger partial charge in [-0.05, 0) is 36.4 Å². The molecule has 0 spiro atoms. The molecule has 3 rings (SSSR count). The van der Waals surface area contributed by atoms with Gasteiger partial charge >= 0.3 is 0 Å². The van der Waals surface area contributed by atoms with Crippen molar-refractivity contribution in [3.05, 3.63) is 51.7 Å². The van der Waals surface area contributed by atoms with Gasteiger partial charge in [0.25, 0.3) is 5.91 Å². The Morgan fingerprint density at radius 2 is 2.35 bits per heavy atom. The van der Waals surface area contributed by atoms with Crippen LogP contribution in [0, 0.1) is 12.8 Å². The molecule has 23 heavy (non-hydrogen) atoms. The van der Waals surface area contributed by atoms with Crippen molar-refractivity contribution in [3.63, 3.8) is 0 Å². The third kappa shape index (κ3) is 4.33. The first-order valence-corrected chi connectivity index (χ1v) is 8.77. The second kappa shape index (κ2) is 7.62. The van der Waals surface area contributed by atoms with E-state index in [1.807, 2.05) is 41.9 Å². The van der Waals surface area contributed by atoms with Gasteiger partial charge in [0, 0.05) is 35.6 Å². The van der Waals surface area contributed by atoms with Crippen molar-refractivity contribution in [2.75, 3.05) is 19.8 Å². The van der Waals surface area contributed by atoms with Crippen LogP contribution in [0.1, 0.15) is 27.9 Å². The SMILES string of the molecule is Cc1ccc(CNC(=O)c2ccsc2)c(OC[C@H]2CCOC2)c1. The number of amides is 1. The van der Waals surface area contributed by atoms with Crippen LogP contribution in [0.15, 0.2) is 35.0 Å². The quantitative estimate of drug-likeness (QED) is 0.882. The largest absolute Gasteiger partial charge is 0.493 e. The van der Waals surface area contributed by atoms with Gasteiger partial charge in [-0.1, -0.05) is 12.1 Å². The van der Waals surface area contributed by atoms with E-state index < -0.39 is 0 Å². The molecule has 2 heterocycles. The summed E-state index contributed by atoms with van der Waals surface area (Å²) in [5.74, 6) is 1.26. The molecular formula is C18H21NO3S. The lowest BCUT2D eigenvalue weighted by molar-refractivity contribution is 0.0951. The molecule has 0 unspecified atom stereocenters. The summed E-state index contributed by atoms with van der Waals surface area (Å²) in [6.07, 6.45) is 1.05. The first kappa shape index (κ1) is 16.0. The van der Waals surface area contributed by atoms with Gasteiger partial charge in [0.1, 0.15) is 5.75 Å². The molecule has 1 saturated heterocycles. The van der Waals surface area contributed by atoms with Crippen LogP contribution in [0.5, 0.6) is 5.75 Å². The lowest BCUT2D eigenvalue weighted by atomic mass is 10.1. The van der Waals surface area contributed by atoms with Crippen LogP contribution in [0.4, 0.5) is 0 Å². The fourth-order valence-corrected chi connectivity index (χ4v) is 3.17. The molecule has 1 atom stereocenters. The van der Waals surface area contributed by atoms with Crippen molar-refractivity contribution in [3.8, 4) is 5.75 Å². The predicted octanol–water partition coefficient (Wildman–Crippen LogP) is 3.40. The van der Waals surface area contributed by atoms with Crippen LogP contribution >= 0.6 is 11.3 Å². The molecule has 1 N–H and O–H groups in total. The normalized spacial score (nSPS) is 17.2.